The molecule has 2 fully saturated rings. The van der Waals surface area contributed by atoms with Crippen molar-refractivity contribution in [3.8, 4) is 0 Å². The lowest BCUT2D eigenvalue weighted by Crippen LogP contribution is -2.52. The SMILES string of the molecule is CCCC1CCN(C(=O)N2CCN(CCC(=O)O)CC2)C1. The third-order valence-electron chi connectivity index (χ3n) is 4.54. The van der Waals surface area contributed by atoms with Crippen LogP contribution in [0, 0.1) is 5.92 Å². The van der Waals surface area contributed by atoms with Crippen molar-refractivity contribution in [2.75, 3.05) is 45.8 Å². The number of nitrogens with zero attached hydrogens (tertiary/aromatic N) is 3. The molecule has 2 saturated heterocycles. The first-order chi connectivity index (χ1) is 10.1. The second-order valence-electron chi connectivity index (χ2n) is 6.14. The van der Waals surface area contributed by atoms with Crippen molar-refractivity contribution in [1.29, 1.82) is 0 Å². The number of carbonyl (C=O) groups is 2. The molecule has 2 rings (SSSR count). The van der Waals surface area contributed by atoms with Gasteiger partial charge >= 0.3 is 12.0 Å². The molecule has 1 unspecified atom stereocenters. The molecule has 1 N–H and O–H groups in total. The van der Waals surface area contributed by atoms with E-state index in [0.29, 0.717) is 25.6 Å². The molecule has 2 amide bonds. The van der Waals surface area contributed by atoms with E-state index >= 15 is 0 Å². The molecule has 0 aromatic heterocycles. The van der Waals surface area contributed by atoms with Crippen molar-refractivity contribution in [2.45, 2.75) is 32.6 Å². The summed E-state index contributed by atoms with van der Waals surface area (Å²) in [6.45, 7) is 7.58. The lowest BCUT2D eigenvalue weighted by Gasteiger charge is -2.36. The van der Waals surface area contributed by atoms with Crippen molar-refractivity contribution in [2.24, 2.45) is 5.92 Å². The lowest BCUT2D eigenvalue weighted by atomic mass is 10.0. The Hall–Kier alpha value is -1.30. The number of rotatable bonds is 5. The number of carboxylic acid groups (broad SMARTS) is 1. The Bertz CT molecular complexity index is 367. The average Bonchev–Trinajstić information content (AvgIpc) is 2.94. The molecule has 0 aromatic carbocycles. The fourth-order valence-corrected chi connectivity index (χ4v) is 3.27. The largest absolute Gasteiger partial charge is 0.481 e. The van der Waals surface area contributed by atoms with Gasteiger partial charge in [0.05, 0.1) is 6.42 Å². The molecule has 120 valence electrons. The molecule has 0 spiro atoms. The van der Waals surface area contributed by atoms with Crippen LogP contribution in [-0.2, 0) is 4.79 Å². The Morgan fingerprint density at radius 3 is 2.43 bits per heavy atom. The van der Waals surface area contributed by atoms with Crippen LogP contribution in [0.4, 0.5) is 4.79 Å². The summed E-state index contributed by atoms with van der Waals surface area (Å²) in [4.78, 5) is 29.1. The average molecular weight is 297 g/mol. The quantitative estimate of drug-likeness (QED) is 0.831. The smallest absolute Gasteiger partial charge is 0.320 e. The van der Waals surface area contributed by atoms with Crippen molar-refractivity contribution in [3.05, 3.63) is 0 Å². The van der Waals surface area contributed by atoms with E-state index in [0.717, 1.165) is 32.6 Å². The molecular formula is C15H27N3O3. The standard InChI is InChI=1S/C15H27N3O3/c1-2-3-13-4-7-18(12-13)15(21)17-10-8-16(9-11-17)6-5-14(19)20/h13H,2-12H2,1H3,(H,19,20). The Morgan fingerprint density at radius 1 is 1.10 bits per heavy atom. The minimum atomic E-state index is -0.757. The molecule has 0 aliphatic carbocycles. The van der Waals surface area contributed by atoms with E-state index in [1.54, 1.807) is 0 Å². The number of hydrogen-bond donors (Lipinski definition) is 1. The number of carbonyl (C=O) groups excluding carboxylic acids is 1. The molecular weight excluding hydrogens is 270 g/mol. The van der Waals surface area contributed by atoms with Gasteiger partial charge in [0.1, 0.15) is 0 Å². The fourth-order valence-electron chi connectivity index (χ4n) is 3.27. The summed E-state index contributed by atoms with van der Waals surface area (Å²) >= 11 is 0. The van der Waals surface area contributed by atoms with E-state index < -0.39 is 5.97 Å². The third-order valence-corrected chi connectivity index (χ3v) is 4.54. The van der Waals surface area contributed by atoms with Gasteiger partial charge in [-0.15, -0.1) is 0 Å². The Labute approximate surface area is 126 Å². The minimum absolute atomic E-state index is 0.173. The summed E-state index contributed by atoms with van der Waals surface area (Å²) < 4.78 is 0. The predicted octanol–water partition coefficient (Wildman–Crippen LogP) is 1.32. The van der Waals surface area contributed by atoms with Gasteiger partial charge in [0.15, 0.2) is 0 Å². The molecule has 2 aliphatic heterocycles. The van der Waals surface area contributed by atoms with Crippen LogP contribution in [0.5, 0.6) is 0 Å². The van der Waals surface area contributed by atoms with Crippen molar-refractivity contribution < 1.29 is 14.7 Å². The summed E-state index contributed by atoms with van der Waals surface area (Å²) in [6, 6.07) is 0.173. The van der Waals surface area contributed by atoms with Crippen LogP contribution in [0.1, 0.15) is 32.6 Å². The van der Waals surface area contributed by atoms with Gasteiger partial charge in [0.2, 0.25) is 0 Å². The van der Waals surface area contributed by atoms with E-state index in [4.69, 9.17) is 5.11 Å². The molecule has 1 atom stereocenters. The van der Waals surface area contributed by atoms with Crippen LogP contribution in [-0.4, -0.2) is 77.6 Å². The summed E-state index contributed by atoms with van der Waals surface area (Å²) in [6.07, 6.45) is 3.72. The van der Waals surface area contributed by atoms with Gasteiger partial charge in [-0.1, -0.05) is 13.3 Å². The third kappa shape index (κ3) is 4.59. The van der Waals surface area contributed by atoms with Gasteiger partial charge in [-0.05, 0) is 18.8 Å². The van der Waals surface area contributed by atoms with Crippen LogP contribution in [0.25, 0.3) is 0 Å². The van der Waals surface area contributed by atoms with Gasteiger partial charge in [-0.2, -0.15) is 0 Å². The van der Waals surface area contributed by atoms with Gasteiger partial charge in [0.25, 0.3) is 0 Å². The highest BCUT2D eigenvalue weighted by Crippen LogP contribution is 2.22. The number of likely N-dealkylation sites (tertiary alicyclic amines) is 1. The predicted molar refractivity (Wildman–Crippen MR) is 80.2 cm³/mol. The van der Waals surface area contributed by atoms with Crippen LogP contribution < -0.4 is 0 Å². The maximum absolute atomic E-state index is 12.5. The Morgan fingerprint density at radius 2 is 1.81 bits per heavy atom. The normalized spacial score (nSPS) is 23.6. The van der Waals surface area contributed by atoms with Crippen molar-refractivity contribution in [1.82, 2.24) is 14.7 Å². The van der Waals surface area contributed by atoms with E-state index in [1.807, 2.05) is 9.80 Å². The number of amides is 2. The second-order valence-corrected chi connectivity index (χ2v) is 6.14. The zero-order chi connectivity index (χ0) is 15.2. The molecule has 6 heteroatoms. The van der Waals surface area contributed by atoms with Crippen molar-refractivity contribution >= 4 is 12.0 Å². The number of piperazine rings is 1. The molecule has 0 bridgehead atoms. The number of aliphatic carboxylic acids is 1. The second kappa shape index (κ2) is 7.64. The highest BCUT2D eigenvalue weighted by molar-refractivity contribution is 5.75. The zero-order valence-corrected chi connectivity index (χ0v) is 13.0. The summed E-state index contributed by atoms with van der Waals surface area (Å²) in [5, 5.41) is 8.70. The highest BCUT2D eigenvalue weighted by atomic mass is 16.4. The van der Waals surface area contributed by atoms with Crippen LogP contribution in [0.15, 0.2) is 0 Å². The van der Waals surface area contributed by atoms with Gasteiger partial charge in [-0.25, -0.2) is 4.79 Å². The van der Waals surface area contributed by atoms with Gasteiger partial charge in [0, 0.05) is 45.8 Å². The summed E-state index contributed by atoms with van der Waals surface area (Å²) in [5.41, 5.74) is 0. The van der Waals surface area contributed by atoms with Crippen LogP contribution >= 0.6 is 0 Å². The highest BCUT2D eigenvalue weighted by Gasteiger charge is 2.30. The number of carboxylic acids is 1. The number of hydrogen-bond acceptors (Lipinski definition) is 3. The molecule has 0 radical (unpaired) electrons. The first kappa shape index (κ1) is 16.1. The summed E-state index contributed by atoms with van der Waals surface area (Å²) in [7, 11) is 0. The van der Waals surface area contributed by atoms with Crippen molar-refractivity contribution in [3.63, 3.8) is 0 Å². The number of urea groups is 1. The molecule has 0 saturated carbocycles. The van der Waals surface area contributed by atoms with E-state index in [-0.39, 0.29) is 12.5 Å². The van der Waals surface area contributed by atoms with Crippen LogP contribution in [0.3, 0.4) is 0 Å². The van der Waals surface area contributed by atoms with E-state index in [1.165, 1.54) is 12.8 Å². The monoisotopic (exact) mass is 297 g/mol. The fraction of sp³-hybridized carbons (Fsp3) is 0.867. The minimum Gasteiger partial charge on any atom is -0.481 e. The molecule has 2 aliphatic rings. The zero-order valence-electron chi connectivity index (χ0n) is 13.0. The van der Waals surface area contributed by atoms with Gasteiger partial charge < -0.3 is 14.9 Å². The maximum Gasteiger partial charge on any atom is 0.320 e. The summed E-state index contributed by atoms with van der Waals surface area (Å²) in [5.74, 6) is -0.0802. The van der Waals surface area contributed by atoms with Gasteiger partial charge in [-0.3, -0.25) is 9.69 Å². The maximum atomic E-state index is 12.5. The topological polar surface area (TPSA) is 64.1 Å². The lowest BCUT2D eigenvalue weighted by molar-refractivity contribution is -0.137. The first-order valence-corrected chi connectivity index (χ1v) is 8.08. The molecule has 2 heterocycles. The Kier molecular flexibility index (Phi) is 5.85. The molecule has 21 heavy (non-hydrogen) atoms. The van der Waals surface area contributed by atoms with Crippen LogP contribution in [0.2, 0.25) is 0 Å². The van der Waals surface area contributed by atoms with E-state index in [9.17, 15) is 9.59 Å². The van der Waals surface area contributed by atoms with E-state index in [2.05, 4.69) is 11.8 Å². The molecule has 0 aromatic rings. The Balaban J connectivity index is 1.72. The first-order valence-electron chi connectivity index (χ1n) is 8.08. The molecule has 6 nitrogen and oxygen atoms in total.